The summed E-state index contributed by atoms with van der Waals surface area (Å²) in [4.78, 5) is 2.38. The summed E-state index contributed by atoms with van der Waals surface area (Å²) in [7, 11) is 0. The van der Waals surface area contributed by atoms with Gasteiger partial charge in [-0.1, -0.05) is 133 Å². The molecule has 2 nitrogen and oxygen atoms in total. The topological polar surface area (TPSA) is 16.4 Å². The van der Waals surface area contributed by atoms with Crippen molar-refractivity contribution in [2.75, 3.05) is 4.90 Å². The SMILES string of the molecule is c1cc(-c2ccc3ccccc3c2)cc(N(c2ccc(-c3ccc4c(c3)oc3cc5ccccc5cc34)cc2)c2ccc3ccc4ccccc4c3c2)c1. The van der Waals surface area contributed by atoms with Crippen molar-refractivity contribution in [1.82, 2.24) is 0 Å². The van der Waals surface area contributed by atoms with Crippen LogP contribution < -0.4 is 4.90 Å². The van der Waals surface area contributed by atoms with Gasteiger partial charge in [-0.05, 0) is 132 Å². The van der Waals surface area contributed by atoms with E-state index in [1.807, 2.05) is 0 Å². The van der Waals surface area contributed by atoms with Crippen molar-refractivity contribution in [3.05, 3.63) is 200 Å². The van der Waals surface area contributed by atoms with Crippen molar-refractivity contribution in [3.8, 4) is 22.3 Å². The number of anilines is 3. The molecule has 10 aromatic carbocycles. The third kappa shape index (κ3) is 5.11. The van der Waals surface area contributed by atoms with Crippen LogP contribution in [0.1, 0.15) is 0 Å². The van der Waals surface area contributed by atoms with Gasteiger partial charge in [0.15, 0.2) is 0 Å². The first kappa shape index (κ1) is 30.5. The molecule has 0 unspecified atom stereocenters. The summed E-state index contributed by atoms with van der Waals surface area (Å²) in [5.41, 5.74) is 9.76. The molecule has 0 aliphatic carbocycles. The molecule has 0 aliphatic rings. The van der Waals surface area contributed by atoms with Crippen LogP contribution in [0.3, 0.4) is 0 Å². The summed E-state index contributed by atoms with van der Waals surface area (Å²) in [5.74, 6) is 0. The first-order valence-electron chi connectivity index (χ1n) is 18.5. The van der Waals surface area contributed by atoms with Gasteiger partial charge in [-0.2, -0.15) is 0 Å². The summed E-state index contributed by atoms with van der Waals surface area (Å²) >= 11 is 0. The van der Waals surface area contributed by atoms with Gasteiger partial charge in [0.05, 0.1) is 0 Å². The van der Waals surface area contributed by atoms with E-state index in [-0.39, 0.29) is 0 Å². The van der Waals surface area contributed by atoms with E-state index in [4.69, 9.17) is 4.42 Å². The lowest BCUT2D eigenvalue weighted by Gasteiger charge is -2.27. The van der Waals surface area contributed by atoms with Crippen molar-refractivity contribution < 1.29 is 4.42 Å². The summed E-state index contributed by atoms with van der Waals surface area (Å²) in [6.07, 6.45) is 0. The van der Waals surface area contributed by atoms with Crippen LogP contribution >= 0.6 is 0 Å². The number of fused-ring (bicyclic) bond motifs is 8. The highest BCUT2D eigenvalue weighted by atomic mass is 16.3. The number of furan rings is 1. The number of hydrogen-bond donors (Lipinski definition) is 0. The summed E-state index contributed by atoms with van der Waals surface area (Å²) < 4.78 is 6.43. The van der Waals surface area contributed by atoms with Gasteiger partial charge in [-0.25, -0.2) is 0 Å². The Morgan fingerprint density at radius 1 is 0.259 bits per heavy atom. The van der Waals surface area contributed by atoms with Gasteiger partial charge in [0.2, 0.25) is 0 Å². The number of benzene rings is 10. The molecule has 0 atom stereocenters. The smallest absolute Gasteiger partial charge is 0.136 e. The van der Waals surface area contributed by atoms with E-state index in [9.17, 15) is 0 Å². The van der Waals surface area contributed by atoms with Crippen LogP contribution in [-0.2, 0) is 0 Å². The van der Waals surface area contributed by atoms with Gasteiger partial charge in [-0.3, -0.25) is 0 Å². The maximum absolute atomic E-state index is 6.43. The molecule has 0 amide bonds. The van der Waals surface area contributed by atoms with Gasteiger partial charge in [0.1, 0.15) is 11.2 Å². The Bertz CT molecular complexity index is 3230. The molecule has 0 N–H and O–H groups in total. The Hall–Kier alpha value is -7.16. The van der Waals surface area contributed by atoms with Crippen molar-refractivity contribution in [3.63, 3.8) is 0 Å². The highest BCUT2D eigenvalue weighted by Gasteiger charge is 2.16. The molecule has 0 fully saturated rings. The van der Waals surface area contributed by atoms with E-state index in [0.29, 0.717) is 0 Å². The Labute approximate surface area is 312 Å². The van der Waals surface area contributed by atoms with Crippen LogP contribution in [0.4, 0.5) is 17.1 Å². The minimum Gasteiger partial charge on any atom is -0.456 e. The Kier molecular flexibility index (Phi) is 6.90. The van der Waals surface area contributed by atoms with Gasteiger partial charge < -0.3 is 9.32 Å². The standard InChI is InChI=1S/C52H33NO/c1-2-10-38-28-42(19-16-34(38)8-1)39-13-7-14-45(29-39)53(46-26-22-37-18-17-36-9-5-6-15-47(36)49(37)33-46)44-24-20-35(21-25-44)43-23-27-48-50-30-40-11-3-4-12-41(40)31-52(50)54-51(48)32-43/h1-33H. The summed E-state index contributed by atoms with van der Waals surface area (Å²) in [6.45, 7) is 0. The number of nitrogens with zero attached hydrogens (tertiary/aromatic N) is 1. The maximum atomic E-state index is 6.43. The lowest BCUT2D eigenvalue weighted by atomic mass is 9.99. The average molecular weight is 688 g/mol. The molecule has 1 heterocycles. The van der Waals surface area contributed by atoms with Crippen molar-refractivity contribution in [1.29, 1.82) is 0 Å². The molecule has 0 saturated heterocycles. The molecule has 0 saturated carbocycles. The van der Waals surface area contributed by atoms with E-state index < -0.39 is 0 Å². The second kappa shape index (κ2) is 12.2. The fraction of sp³-hybridized carbons (Fsp3) is 0. The van der Waals surface area contributed by atoms with E-state index in [1.165, 1.54) is 54.2 Å². The largest absolute Gasteiger partial charge is 0.456 e. The second-order valence-corrected chi connectivity index (χ2v) is 14.2. The predicted octanol–water partition coefficient (Wildman–Crippen LogP) is 15.0. The van der Waals surface area contributed by atoms with E-state index in [2.05, 4.69) is 205 Å². The van der Waals surface area contributed by atoms with Crippen LogP contribution in [0.25, 0.3) is 87.3 Å². The molecule has 11 rings (SSSR count). The third-order valence-electron chi connectivity index (χ3n) is 11.0. The zero-order chi connectivity index (χ0) is 35.6. The van der Waals surface area contributed by atoms with Gasteiger partial charge in [-0.15, -0.1) is 0 Å². The van der Waals surface area contributed by atoms with Crippen molar-refractivity contribution in [2.24, 2.45) is 0 Å². The summed E-state index contributed by atoms with van der Waals surface area (Å²) in [5, 5.41) is 12.1. The lowest BCUT2D eigenvalue weighted by molar-refractivity contribution is 0.669. The summed E-state index contributed by atoms with van der Waals surface area (Å²) in [6, 6.07) is 72.5. The normalized spacial score (nSPS) is 11.7. The van der Waals surface area contributed by atoms with Crippen molar-refractivity contribution >= 4 is 82.1 Å². The highest BCUT2D eigenvalue weighted by molar-refractivity contribution is 6.11. The molecule has 2 heteroatoms. The zero-order valence-electron chi connectivity index (χ0n) is 29.4. The van der Waals surface area contributed by atoms with E-state index in [1.54, 1.807) is 0 Å². The van der Waals surface area contributed by atoms with Crippen LogP contribution in [-0.4, -0.2) is 0 Å². The molecule has 0 radical (unpaired) electrons. The molecule has 54 heavy (non-hydrogen) atoms. The molecule has 0 spiro atoms. The van der Waals surface area contributed by atoms with Crippen molar-refractivity contribution in [2.45, 2.75) is 0 Å². The van der Waals surface area contributed by atoms with Crippen LogP contribution in [0.5, 0.6) is 0 Å². The first-order chi connectivity index (χ1) is 26.7. The Morgan fingerprint density at radius 3 is 1.65 bits per heavy atom. The molecule has 252 valence electrons. The second-order valence-electron chi connectivity index (χ2n) is 14.2. The molecule has 1 aromatic heterocycles. The van der Waals surface area contributed by atoms with Crippen LogP contribution in [0.2, 0.25) is 0 Å². The number of rotatable bonds is 5. The molecule has 11 aromatic rings. The first-order valence-corrected chi connectivity index (χ1v) is 18.5. The fourth-order valence-corrected chi connectivity index (χ4v) is 8.21. The van der Waals surface area contributed by atoms with Gasteiger partial charge in [0.25, 0.3) is 0 Å². The minimum atomic E-state index is 0.900. The third-order valence-corrected chi connectivity index (χ3v) is 11.0. The predicted molar refractivity (Wildman–Crippen MR) is 229 cm³/mol. The molecule has 0 bridgehead atoms. The molecular weight excluding hydrogens is 655 g/mol. The molecular formula is C52H33NO. The highest BCUT2D eigenvalue weighted by Crippen LogP contribution is 2.41. The Balaban J connectivity index is 1.03. The van der Waals surface area contributed by atoms with Gasteiger partial charge >= 0.3 is 0 Å². The van der Waals surface area contributed by atoms with Gasteiger partial charge in [0, 0.05) is 27.8 Å². The maximum Gasteiger partial charge on any atom is 0.136 e. The van der Waals surface area contributed by atoms with E-state index in [0.717, 1.165) is 50.1 Å². The lowest BCUT2D eigenvalue weighted by Crippen LogP contribution is -2.10. The molecule has 0 aliphatic heterocycles. The average Bonchev–Trinajstić information content (AvgIpc) is 3.59. The minimum absolute atomic E-state index is 0.900. The zero-order valence-corrected chi connectivity index (χ0v) is 29.4. The quantitative estimate of drug-likeness (QED) is 0.168. The van der Waals surface area contributed by atoms with Crippen LogP contribution in [0, 0.1) is 0 Å². The number of hydrogen-bond acceptors (Lipinski definition) is 2. The van der Waals surface area contributed by atoms with E-state index >= 15 is 0 Å². The monoisotopic (exact) mass is 687 g/mol. The fourth-order valence-electron chi connectivity index (χ4n) is 8.21. The Morgan fingerprint density at radius 2 is 0.815 bits per heavy atom. The van der Waals surface area contributed by atoms with Crippen LogP contribution in [0.15, 0.2) is 205 Å².